The molecular weight excluding hydrogens is 152 g/mol. The molecule has 0 heterocycles. The monoisotopic (exact) mass is 162 g/mol. The topological polar surface area (TPSA) is 59.0 Å². The van der Waals surface area contributed by atoms with E-state index in [9.17, 15) is 0 Å². The van der Waals surface area contributed by atoms with Crippen molar-refractivity contribution in [1.29, 1.82) is 5.26 Å². The van der Waals surface area contributed by atoms with Gasteiger partial charge >= 0.3 is 0 Å². The maximum absolute atomic E-state index is 8.58. The highest BCUT2D eigenvalue weighted by Crippen LogP contribution is 2.22. The van der Waals surface area contributed by atoms with Crippen molar-refractivity contribution in [2.45, 2.75) is 6.04 Å². The SMILES string of the molecule is COc1ccccc1[C@H](N)C#N. The molecule has 0 saturated heterocycles. The average molecular weight is 162 g/mol. The van der Waals surface area contributed by atoms with E-state index in [1.807, 2.05) is 18.2 Å². The molecule has 1 atom stereocenters. The first-order valence-corrected chi connectivity index (χ1v) is 3.57. The molecule has 62 valence electrons. The number of para-hydroxylation sites is 1. The summed E-state index contributed by atoms with van der Waals surface area (Å²) in [7, 11) is 1.56. The number of rotatable bonds is 2. The van der Waals surface area contributed by atoms with Crippen LogP contribution in [-0.4, -0.2) is 7.11 Å². The van der Waals surface area contributed by atoms with Crippen LogP contribution in [0.25, 0.3) is 0 Å². The Morgan fingerprint density at radius 3 is 2.75 bits per heavy atom. The zero-order chi connectivity index (χ0) is 8.97. The molecule has 0 aliphatic carbocycles. The molecule has 2 N–H and O–H groups in total. The molecule has 12 heavy (non-hydrogen) atoms. The number of methoxy groups -OCH3 is 1. The molecule has 0 radical (unpaired) electrons. The van der Waals surface area contributed by atoms with E-state index in [0.717, 1.165) is 5.56 Å². The lowest BCUT2D eigenvalue weighted by Crippen LogP contribution is -2.08. The van der Waals surface area contributed by atoms with Crippen molar-refractivity contribution in [3.05, 3.63) is 29.8 Å². The van der Waals surface area contributed by atoms with Gasteiger partial charge in [-0.25, -0.2) is 0 Å². The summed E-state index contributed by atoms with van der Waals surface area (Å²) in [5, 5.41) is 8.58. The summed E-state index contributed by atoms with van der Waals surface area (Å²) >= 11 is 0. The minimum absolute atomic E-state index is 0.610. The van der Waals surface area contributed by atoms with Crippen LogP contribution in [0.3, 0.4) is 0 Å². The minimum Gasteiger partial charge on any atom is -0.496 e. The fourth-order valence-corrected chi connectivity index (χ4v) is 0.993. The second kappa shape index (κ2) is 3.74. The van der Waals surface area contributed by atoms with E-state index < -0.39 is 6.04 Å². The van der Waals surface area contributed by atoms with Crippen molar-refractivity contribution < 1.29 is 4.74 Å². The number of nitrogens with zero attached hydrogens (tertiary/aromatic N) is 1. The lowest BCUT2D eigenvalue weighted by molar-refractivity contribution is 0.408. The number of hydrogen-bond acceptors (Lipinski definition) is 3. The summed E-state index contributed by atoms with van der Waals surface area (Å²) < 4.78 is 5.04. The highest BCUT2D eigenvalue weighted by Gasteiger charge is 2.08. The Morgan fingerprint density at radius 2 is 2.17 bits per heavy atom. The van der Waals surface area contributed by atoms with Gasteiger partial charge in [-0.3, -0.25) is 0 Å². The van der Waals surface area contributed by atoms with Gasteiger partial charge in [0.1, 0.15) is 11.8 Å². The Morgan fingerprint density at radius 1 is 1.50 bits per heavy atom. The number of hydrogen-bond donors (Lipinski definition) is 1. The van der Waals surface area contributed by atoms with Gasteiger partial charge in [0.2, 0.25) is 0 Å². The number of nitriles is 1. The highest BCUT2D eigenvalue weighted by molar-refractivity contribution is 5.38. The Hall–Kier alpha value is -1.53. The van der Waals surface area contributed by atoms with Gasteiger partial charge in [-0.1, -0.05) is 18.2 Å². The first-order valence-electron chi connectivity index (χ1n) is 3.57. The Kier molecular flexibility index (Phi) is 2.67. The molecule has 0 spiro atoms. The van der Waals surface area contributed by atoms with Crippen LogP contribution in [-0.2, 0) is 0 Å². The van der Waals surface area contributed by atoms with Crippen molar-refractivity contribution in [1.82, 2.24) is 0 Å². The van der Waals surface area contributed by atoms with E-state index in [2.05, 4.69) is 0 Å². The van der Waals surface area contributed by atoms with Crippen LogP contribution in [0.5, 0.6) is 5.75 Å². The van der Waals surface area contributed by atoms with Crippen LogP contribution in [0.15, 0.2) is 24.3 Å². The molecular formula is C9H10N2O. The Labute approximate surface area is 71.4 Å². The Bertz CT molecular complexity index is 304. The van der Waals surface area contributed by atoms with Crippen LogP contribution >= 0.6 is 0 Å². The molecule has 3 heteroatoms. The molecule has 0 aliphatic heterocycles. The zero-order valence-corrected chi connectivity index (χ0v) is 6.82. The molecule has 0 bridgehead atoms. The summed E-state index contributed by atoms with van der Waals surface area (Å²) in [4.78, 5) is 0. The van der Waals surface area contributed by atoms with E-state index >= 15 is 0 Å². The lowest BCUT2D eigenvalue weighted by Gasteiger charge is -2.08. The maximum atomic E-state index is 8.58. The zero-order valence-electron chi connectivity index (χ0n) is 6.82. The molecule has 3 nitrogen and oxygen atoms in total. The van der Waals surface area contributed by atoms with Crippen molar-refractivity contribution in [3.63, 3.8) is 0 Å². The second-order valence-corrected chi connectivity index (χ2v) is 2.35. The van der Waals surface area contributed by atoms with Gasteiger partial charge in [0, 0.05) is 5.56 Å². The van der Waals surface area contributed by atoms with Crippen LogP contribution in [0, 0.1) is 11.3 Å². The summed E-state index contributed by atoms with van der Waals surface area (Å²) in [5.74, 6) is 0.659. The Balaban J connectivity index is 3.06. The van der Waals surface area contributed by atoms with Crippen molar-refractivity contribution in [2.75, 3.05) is 7.11 Å². The van der Waals surface area contributed by atoms with Gasteiger partial charge in [0.25, 0.3) is 0 Å². The number of nitrogens with two attached hydrogens (primary N) is 1. The van der Waals surface area contributed by atoms with Gasteiger partial charge in [-0.2, -0.15) is 5.26 Å². The van der Waals surface area contributed by atoms with Gasteiger partial charge in [-0.15, -0.1) is 0 Å². The number of benzene rings is 1. The summed E-state index contributed by atoms with van der Waals surface area (Å²) in [6.07, 6.45) is 0. The molecule has 1 rings (SSSR count). The van der Waals surface area contributed by atoms with E-state index in [1.54, 1.807) is 19.2 Å². The van der Waals surface area contributed by atoms with Crippen LogP contribution < -0.4 is 10.5 Å². The van der Waals surface area contributed by atoms with E-state index in [-0.39, 0.29) is 0 Å². The molecule has 1 aromatic rings. The molecule has 0 aliphatic rings. The standard InChI is InChI=1S/C9H10N2O/c1-12-9-5-3-2-4-7(9)8(11)6-10/h2-5,8H,11H2,1H3/t8-/m1/s1. The van der Waals surface area contributed by atoms with E-state index in [1.165, 1.54) is 0 Å². The molecule has 0 fully saturated rings. The molecule has 0 saturated carbocycles. The van der Waals surface area contributed by atoms with Gasteiger partial charge in [-0.05, 0) is 6.07 Å². The quantitative estimate of drug-likeness (QED) is 0.711. The van der Waals surface area contributed by atoms with Crippen LogP contribution in [0.4, 0.5) is 0 Å². The fourth-order valence-electron chi connectivity index (χ4n) is 0.993. The smallest absolute Gasteiger partial charge is 0.124 e. The predicted octanol–water partition coefficient (Wildman–Crippen LogP) is 1.22. The first-order chi connectivity index (χ1) is 5.79. The third kappa shape index (κ3) is 1.55. The van der Waals surface area contributed by atoms with Crippen molar-refractivity contribution in [3.8, 4) is 11.8 Å². The fraction of sp³-hybridized carbons (Fsp3) is 0.222. The summed E-state index contributed by atoms with van der Waals surface area (Å²) in [6, 6.07) is 8.58. The first kappa shape index (κ1) is 8.57. The highest BCUT2D eigenvalue weighted by atomic mass is 16.5. The average Bonchev–Trinajstić information content (AvgIpc) is 2.16. The van der Waals surface area contributed by atoms with E-state index in [0.29, 0.717) is 5.75 Å². The van der Waals surface area contributed by atoms with Gasteiger partial charge < -0.3 is 10.5 Å². The third-order valence-electron chi connectivity index (χ3n) is 1.61. The summed E-state index contributed by atoms with van der Waals surface area (Å²) in [5.41, 5.74) is 6.25. The minimum atomic E-state index is -0.610. The molecule has 0 unspecified atom stereocenters. The summed E-state index contributed by atoms with van der Waals surface area (Å²) in [6.45, 7) is 0. The largest absolute Gasteiger partial charge is 0.496 e. The van der Waals surface area contributed by atoms with Crippen LogP contribution in [0.1, 0.15) is 11.6 Å². The predicted molar refractivity (Wildman–Crippen MR) is 45.5 cm³/mol. The van der Waals surface area contributed by atoms with Crippen LogP contribution in [0.2, 0.25) is 0 Å². The van der Waals surface area contributed by atoms with Gasteiger partial charge in [0.15, 0.2) is 0 Å². The van der Waals surface area contributed by atoms with Crippen molar-refractivity contribution >= 4 is 0 Å². The van der Waals surface area contributed by atoms with E-state index in [4.69, 9.17) is 15.7 Å². The molecule has 1 aromatic carbocycles. The third-order valence-corrected chi connectivity index (χ3v) is 1.61. The number of ether oxygens (including phenoxy) is 1. The van der Waals surface area contributed by atoms with Gasteiger partial charge in [0.05, 0.1) is 13.2 Å². The lowest BCUT2D eigenvalue weighted by atomic mass is 10.1. The second-order valence-electron chi connectivity index (χ2n) is 2.35. The molecule has 0 aromatic heterocycles. The van der Waals surface area contributed by atoms with Crippen molar-refractivity contribution in [2.24, 2.45) is 5.73 Å². The maximum Gasteiger partial charge on any atom is 0.124 e. The molecule has 0 amide bonds. The normalized spacial score (nSPS) is 11.8.